The molecule has 0 aromatic carbocycles. The smallest absolute Gasteiger partial charge is 0.220 e. The Bertz CT molecular complexity index is 467. The fourth-order valence-corrected chi connectivity index (χ4v) is 1.97. The molecule has 0 unspecified atom stereocenters. The summed E-state index contributed by atoms with van der Waals surface area (Å²) in [6.45, 7) is 1.95. The second-order valence-corrected chi connectivity index (χ2v) is 4.12. The van der Waals surface area contributed by atoms with Crippen LogP contribution in [-0.2, 0) is 0 Å². The third-order valence-electron chi connectivity index (χ3n) is 1.74. The number of nitrogens with two attached hydrogens (primary N) is 1. The molecule has 0 aliphatic rings. The third kappa shape index (κ3) is 1.58. The normalized spacial score (nSPS) is 10.4. The summed E-state index contributed by atoms with van der Waals surface area (Å²) in [7, 11) is 0. The van der Waals surface area contributed by atoms with Crippen LogP contribution in [0.2, 0.25) is 0 Å². The van der Waals surface area contributed by atoms with Crippen LogP contribution in [0.4, 0.5) is 10.3 Å². The SMILES string of the molecule is Cc1ccc(-c2nc(N)ncc2F)s1. The van der Waals surface area contributed by atoms with Crippen LogP contribution >= 0.6 is 11.3 Å². The van der Waals surface area contributed by atoms with Gasteiger partial charge in [0.25, 0.3) is 0 Å². The third-order valence-corrected chi connectivity index (χ3v) is 2.74. The van der Waals surface area contributed by atoms with E-state index in [2.05, 4.69) is 9.97 Å². The maximum atomic E-state index is 13.3. The van der Waals surface area contributed by atoms with Gasteiger partial charge in [0.2, 0.25) is 5.95 Å². The van der Waals surface area contributed by atoms with Gasteiger partial charge < -0.3 is 5.73 Å². The van der Waals surface area contributed by atoms with Crippen molar-refractivity contribution in [3.63, 3.8) is 0 Å². The molecule has 2 N–H and O–H groups in total. The molecule has 14 heavy (non-hydrogen) atoms. The van der Waals surface area contributed by atoms with Crippen LogP contribution in [0.25, 0.3) is 10.6 Å². The van der Waals surface area contributed by atoms with Gasteiger partial charge in [-0.2, -0.15) is 0 Å². The van der Waals surface area contributed by atoms with Crippen molar-refractivity contribution in [1.29, 1.82) is 0 Å². The van der Waals surface area contributed by atoms with Crippen LogP contribution < -0.4 is 5.73 Å². The highest BCUT2D eigenvalue weighted by Crippen LogP contribution is 2.27. The summed E-state index contributed by atoms with van der Waals surface area (Å²) in [5.74, 6) is -0.353. The molecule has 2 heterocycles. The molecule has 0 atom stereocenters. The highest BCUT2D eigenvalue weighted by Gasteiger charge is 2.09. The van der Waals surface area contributed by atoms with Crippen molar-refractivity contribution in [3.8, 4) is 10.6 Å². The largest absolute Gasteiger partial charge is 0.368 e. The van der Waals surface area contributed by atoms with E-state index in [1.54, 1.807) is 0 Å². The van der Waals surface area contributed by atoms with Crippen LogP contribution in [0.1, 0.15) is 4.88 Å². The second kappa shape index (κ2) is 3.34. The van der Waals surface area contributed by atoms with E-state index in [9.17, 15) is 4.39 Å². The zero-order valence-corrected chi connectivity index (χ0v) is 8.31. The molecule has 3 nitrogen and oxygen atoms in total. The van der Waals surface area contributed by atoms with E-state index in [0.717, 1.165) is 16.0 Å². The first-order valence-electron chi connectivity index (χ1n) is 4.01. The number of halogens is 1. The van der Waals surface area contributed by atoms with Crippen molar-refractivity contribution in [2.24, 2.45) is 0 Å². The highest BCUT2D eigenvalue weighted by molar-refractivity contribution is 7.15. The monoisotopic (exact) mass is 209 g/mol. The van der Waals surface area contributed by atoms with E-state index >= 15 is 0 Å². The predicted octanol–water partition coefficient (Wildman–Crippen LogP) is 2.23. The number of hydrogen-bond acceptors (Lipinski definition) is 4. The average molecular weight is 209 g/mol. The summed E-state index contributed by atoms with van der Waals surface area (Å²) >= 11 is 1.48. The number of nitrogen functional groups attached to an aromatic ring is 1. The Hall–Kier alpha value is -1.49. The van der Waals surface area contributed by atoms with Gasteiger partial charge in [-0.05, 0) is 19.1 Å². The lowest BCUT2D eigenvalue weighted by Gasteiger charge is -1.98. The first-order chi connectivity index (χ1) is 6.66. The molecule has 0 amide bonds. The summed E-state index contributed by atoms with van der Waals surface area (Å²) in [6.07, 6.45) is 1.09. The Morgan fingerprint density at radius 1 is 1.43 bits per heavy atom. The molecule has 2 rings (SSSR count). The summed E-state index contributed by atoms with van der Waals surface area (Å²) in [4.78, 5) is 9.31. The second-order valence-electron chi connectivity index (χ2n) is 2.84. The number of hydrogen-bond donors (Lipinski definition) is 1. The summed E-state index contributed by atoms with van der Waals surface area (Å²) in [5.41, 5.74) is 5.66. The molecule has 0 bridgehead atoms. The molecule has 0 spiro atoms. The lowest BCUT2D eigenvalue weighted by atomic mass is 10.3. The average Bonchev–Trinajstić information content (AvgIpc) is 2.56. The molecule has 0 aliphatic carbocycles. The van der Waals surface area contributed by atoms with E-state index in [-0.39, 0.29) is 11.6 Å². The van der Waals surface area contributed by atoms with Gasteiger partial charge in [0.1, 0.15) is 5.69 Å². The quantitative estimate of drug-likeness (QED) is 0.783. The lowest BCUT2D eigenvalue weighted by Crippen LogP contribution is -1.97. The van der Waals surface area contributed by atoms with Crippen LogP contribution in [0, 0.1) is 12.7 Å². The molecule has 0 saturated heterocycles. The fourth-order valence-electron chi connectivity index (χ4n) is 1.12. The van der Waals surface area contributed by atoms with Crippen LogP contribution in [0.3, 0.4) is 0 Å². The van der Waals surface area contributed by atoms with Crippen LogP contribution in [-0.4, -0.2) is 9.97 Å². The van der Waals surface area contributed by atoms with Crippen molar-refractivity contribution in [2.75, 3.05) is 5.73 Å². The fraction of sp³-hybridized carbons (Fsp3) is 0.111. The van der Waals surface area contributed by atoms with Crippen LogP contribution in [0.5, 0.6) is 0 Å². The summed E-state index contributed by atoms with van der Waals surface area (Å²) < 4.78 is 13.3. The minimum absolute atomic E-state index is 0.0902. The predicted molar refractivity (Wildman–Crippen MR) is 54.5 cm³/mol. The van der Waals surface area contributed by atoms with Crippen molar-refractivity contribution in [1.82, 2.24) is 9.97 Å². The van der Waals surface area contributed by atoms with Crippen LogP contribution in [0.15, 0.2) is 18.3 Å². The minimum Gasteiger partial charge on any atom is -0.368 e. The molecule has 5 heteroatoms. The Morgan fingerprint density at radius 3 is 2.86 bits per heavy atom. The Kier molecular flexibility index (Phi) is 2.17. The van der Waals surface area contributed by atoms with Crippen molar-refractivity contribution >= 4 is 17.3 Å². The van der Waals surface area contributed by atoms with Gasteiger partial charge in [-0.3, -0.25) is 0 Å². The molecule has 2 aromatic rings. The standard InChI is InChI=1S/C9H8FN3S/c1-5-2-3-7(14-5)8-6(10)4-12-9(11)13-8/h2-4H,1H3,(H2,11,12,13). The molecular formula is C9H8FN3S. The number of anilines is 1. The van der Waals surface area contributed by atoms with Gasteiger partial charge in [-0.1, -0.05) is 0 Å². The van der Waals surface area contributed by atoms with Gasteiger partial charge in [-0.25, -0.2) is 14.4 Å². The van der Waals surface area contributed by atoms with Crippen molar-refractivity contribution in [3.05, 3.63) is 29.0 Å². The molecule has 72 valence electrons. The summed E-state index contributed by atoms with van der Waals surface area (Å²) in [6, 6.07) is 3.74. The van der Waals surface area contributed by atoms with Gasteiger partial charge in [0.05, 0.1) is 11.1 Å². The number of aromatic nitrogens is 2. The number of aryl methyl sites for hydroxylation is 1. The lowest BCUT2D eigenvalue weighted by molar-refractivity contribution is 0.619. The van der Waals surface area contributed by atoms with Crippen molar-refractivity contribution in [2.45, 2.75) is 6.92 Å². The van der Waals surface area contributed by atoms with Gasteiger partial charge in [0, 0.05) is 4.88 Å². The number of nitrogens with zero attached hydrogens (tertiary/aromatic N) is 2. The van der Waals surface area contributed by atoms with Gasteiger partial charge in [-0.15, -0.1) is 11.3 Å². The van der Waals surface area contributed by atoms with E-state index in [0.29, 0.717) is 0 Å². The molecule has 0 fully saturated rings. The number of rotatable bonds is 1. The Balaban J connectivity index is 2.55. The Labute approximate surface area is 84.4 Å². The first kappa shape index (κ1) is 9.08. The maximum Gasteiger partial charge on any atom is 0.220 e. The zero-order chi connectivity index (χ0) is 10.1. The molecule has 0 saturated carbocycles. The van der Waals surface area contributed by atoms with E-state index < -0.39 is 5.82 Å². The van der Waals surface area contributed by atoms with Gasteiger partial charge in [0.15, 0.2) is 5.82 Å². The summed E-state index contributed by atoms with van der Waals surface area (Å²) in [5, 5.41) is 0. The first-order valence-corrected chi connectivity index (χ1v) is 4.83. The molecule has 0 radical (unpaired) electrons. The maximum absolute atomic E-state index is 13.3. The molecule has 2 aromatic heterocycles. The molecule has 0 aliphatic heterocycles. The van der Waals surface area contributed by atoms with E-state index in [4.69, 9.17) is 5.73 Å². The number of thiophene rings is 1. The molecular weight excluding hydrogens is 201 g/mol. The topological polar surface area (TPSA) is 51.8 Å². The zero-order valence-electron chi connectivity index (χ0n) is 7.49. The van der Waals surface area contributed by atoms with E-state index in [1.165, 1.54) is 11.3 Å². The van der Waals surface area contributed by atoms with Gasteiger partial charge >= 0.3 is 0 Å². The Morgan fingerprint density at radius 2 is 2.21 bits per heavy atom. The van der Waals surface area contributed by atoms with Crippen molar-refractivity contribution < 1.29 is 4.39 Å². The minimum atomic E-state index is -0.443. The van der Waals surface area contributed by atoms with E-state index in [1.807, 2.05) is 19.1 Å². The highest BCUT2D eigenvalue weighted by atomic mass is 32.1.